The molecule has 1 saturated carbocycles. The van der Waals surface area contributed by atoms with Crippen molar-refractivity contribution >= 4 is 17.2 Å². The highest BCUT2D eigenvalue weighted by Gasteiger charge is 2.20. The van der Waals surface area contributed by atoms with Crippen LogP contribution in [0.5, 0.6) is 0 Å². The molecule has 0 unspecified atom stereocenters. The molecule has 4 N–H and O–H groups in total. The molecule has 1 aliphatic heterocycles. The summed E-state index contributed by atoms with van der Waals surface area (Å²) in [7, 11) is 0. The van der Waals surface area contributed by atoms with E-state index in [9.17, 15) is 4.79 Å². The first kappa shape index (κ1) is 18.7. The summed E-state index contributed by atoms with van der Waals surface area (Å²) < 4.78 is 0. The molecular formula is C22H29N5O. The van der Waals surface area contributed by atoms with Crippen LogP contribution in [0.2, 0.25) is 0 Å². The van der Waals surface area contributed by atoms with Gasteiger partial charge < -0.3 is 15.6 Å². The van der Waals surface area contributed by atoms with Crippen molar-refractivity contribution in [1.82, 2.24) is 9.88 Å². The molecule has 6 heteroatoms. The topological polar surface area (TPSA) is 84.0 Å². The third-order valence-corrected chi connectivity index (χ3v) is 5.89. The molecule has 2 aliphatic rings. The second kappa shape index (κ2) is 8.19. The van der Waals surface area contributed by atoms with Gasteiger partial charge in [-0.2, -0.15) is 0 Å². The van der Waals surface area contributed by atoms with Crippen LogP contribution in [0.25, 0.3) is 0 Å². The largest absolute Gasteiger partial charge is 0.382 e. The van der Waals surface area contributed by atoms with E-state index in [1.54, 1.807) is 6.20 Å². The summed E-state index contributed by atoms with van der Waals surface area (Å²) in [4.78, 5) is 17.6. The maximum atomic E-state index is 12.5. The zero-order chi connectivity index (χ0) is 19.5. The van der Waals surface area contributed by atoms with Gasteiger partial charge in [0.1, 0.15) is 11.4 Å². The maximum absolute atomic E-state index is 12.5. The number of amidine groups is 1. The van der Waals surface area contributed by atoms with Gasteiger partial charge in [-0.3, -0.25) is 15.1 Å². The van der Waals surface area contributed by atoms with Crippen molar-refractivity contribution in [3.8, 4) is 0 Å². The molecule has 0 amide bonds. The molecule has 0 atom stereocenters. The first-order valence-corrected chi connectivity index (χ1v) is 10.3. The minimum atomic E-state index is -0.239. The minimum Gasteiger partial charge on any atom is -0.382 e. The second-order valence-corrected chi connectivity index (χ2v) is 7.86. The van der Waals surface area contributed by atoms with Gasteiger partial charge in [0.15, 0.2) is 0 Å². The number of pyridine rings is 1. The Morgan fingerprint density at radius 2 is 1.96 bits per heavy atom. The van der Waals surface area contributed by atoms with Crippen molar-refractivity contribution < 1.29 is 0 Å². The normalized spacial score (nSPS) is 17.3. The lowest BCUT2D eigenvalue weighted by Gasteiger charge is -2.25. The van der Waals surface area contributed by atoms with Crippen molar-refractivity contribution in [3.63, 3.8) is 0 Å². The highest BCUT2D eigenvalue weighted by molar-refractivity contribution is 6.09. The fourth-order valence-corrected chi connectivity index (χ4v) is 4.29. The van der Waals surface area contributed by atoms with Crippen LogP contribution in [0.3, 0.4) is 0 Å². The Hall–Kier alpha value is -2.60. The third-order valence-electron chi connectivity index (χ3n) is 5.89. The maximum Gasteiger partial charge on any atom is 0.261 e. The molecule has 1 aromatic carbocycles. The Kier molecular flexibility index (Phi) is 5.48. The van der Waals surface area contributed by atoms with Gasteiger partial charge in [0.25, 0.3) is 5.56 Å². The van der Waals surface area contributed by atoms with Crippen molar-refractivity contribution in [1.29, 1.82) is 5.41 Å². The molecule has 0 radical (unpaired) electrons. The fraction of sp³-hybridized carbons (Fsp3) is 0.455. The molecule has 0 saturated heterocycles. The molecule has 2 heterocycles. The molecule has 1 aromatic heterocycles. The smallest absolute Gasteiger partial charge is 0.261 e. The van der Waals surface area contributed by atoms with Gasteiger partial charge in [0, 0.05) is 31.0 Å². The molecule has 6 nitrogen and oxygen atoms in total. The molecule has 0 bridgehead atoms. The van der Waals surface area contributed by atoms with Crippen LogP contribution in [0.15, 0.2) is 35.3 Å². The van der Waals surface area contributed by atoms with Gasteiger partial charge in [-0.05, 0) is 48.7 Å². The van der Waals surface area contributed by atoms with Gasteiger partial charge in [-0.25, -0.2) is 0 Å². The lowest BCUT2D eigenvalue weighted by Crippen LogP contribution is -2.29. The summed E-state index contributed by atoms with van der Waals surface area (Å²) in [5.74, 6) is 0.130. The lowest BCUT2D eigenvalue weighted by molar-refractivity contribution is 0.301. The van der Waals surface area contributed by atoms with E-state index in [1.165, 1.54) is 30.4 Å². The van der Waals surface area contributed by atoms with Crippen LogP contribution in [0, 0.1) is 5.41 Å². The van der Waals surface area contributed by atoms with E-state index in [1.807, 2.05) is 12.1 Å². The average Bonchev–Trinajstić information content (AvgIpc) is 3.11. The fourth-order valence-electron chi connectivity index (χ4n) is 4.29. The molecular weight excluding hydrogens is 350 g/mol. The average molecular weight is 380 g/mol. The Morgan fingerprint density at radius 3 is 2.75 bits per heavy atom. The van der Waals surface area contributed by atoms with Crippen LogP contribution in [-0.4, -0.2) is 28.3 Å². The lowest BCUT2D eigenvalue weighted by atomic mass is 9.95. The summed E-state index contributed by atoms with van der Waals surface area (Å²) in [6.45, 7) is 5.12. The predicted molar refractivity (Wildman–Crippen MR) is 114 cm³/mol. The Balaban J connectivity index is 1.53. The van der Waals surface area contributed by atoms with E-state index in [2.05, 4.69) is 39.6 Å². The number of rotatable bonds is 5. The van der Waals surface area contributed by atoms with Gasteiger partial charge in [0.05, 0.1) is 5.69 Å². The van der Waals surface area contributed by atoms with Crippen LogP contribution in [0.1, 0.15) is 55.7 Å². The summed E-state index contributed by atoms with van der Waals surface area (Å²) in [6.07, 6.45) is 7.60. The molecule has 0 spiro atoms. The van der Waals surface area contributed by atoms with Gasteiger partial charge >= 0.3 is 0 Å². The number of nitrogens with zero attached hydrogens (tertiary/aromatic N) is 1. The monoisotopic (exact) mass is 379 g/mol. The van der Waals surface area contributed by atoms with Crippen LogP contribution < -0.4 is 16.2 Å². The summed E-state index contributed by atoms with van der Waals surface area (Å²) >= 11 is 0. The Labute approximate surface area is 165 Å². The van der Waals surface area contributed by atoms with Crippen molar-refractivity contribution in [2.75, 3.05) is 17.2 Å². The number of benzene rings is 1. The summed E-state index contributed by atoms with van der Waals surface area (Å²) in [5, 5.41) is 15.2. The van der Waals surface area contributed by atoms with E-state index in [0.717, 1.165) is 43.9 Å². The summed E-state index contributed by atoms with van der Waals surface area (Å²) in [5.41, 5.74) is 4.37. The van der Waals surface area contributed by atoms with E-state index >= 15 is 0 Å². The number of aromatic nitrogens is 1. The SMILES string of the molecule is CCN1Cc2ccc(NC(=N)c3c(NC4CCCCC4)cc[nH]c3=O)cc2C1. The van der Waals surface area contributed by atoms with Gasteiger partial charge in [0.2, 0.25) is 0 Å². The van der Waals surface area contributed by atoms with E-state index in [4.69, 9.17) is 5.41 Å². The zero-order valence-corrected chi connectivity index (χ0v) is 16.5. The molecule has 1 fully saturated rings. The highest BCUT2D eigenvalue weighted by atomic mass is 16.1. The van der Waals surface area contributed by atoms with E-state index in [-0.39, 0.29) is 11.4 Å². The second-order valence-electron chi connectivity index (χ2n) is 7.86. The number of aromatic amines is 1. The number of hydrogen-bond acceptors (Lipinski definition) is 4. The molecule has 1 aliphatic carbocycles. The molecule has 28 heavy (non-hydrogen) atoms. The third kappa shape index (κ3) is 3.97. The Bertz CT molecular complexity index is 913. The predicted octanol–water partition coefficient (Wildman–Crippen LogP) is 3.89. The van der Waals surface area contributed by atoms with Crippen LogP contribution >= 0.6 is 0 Å². The van der Waals surface area contributed by atoms with E-state index < -0.39 is 0 Å². The zero-order valence-electron chi connectivity index (χ0n) is 16.5. The van der Waals surface area contributed by atoms with Crippen molar-refractivity contribution in [2.45, 2.75) is 58.2 Å². The number of H-pyrrole nitrogens is 1. The molecule has 2 aromatic rings. The highest BCUT2D eigenvalue weighted by Crippen LogP contribution is 2.26. The van der Waals surface area contributed by atoms with Crippen molar-refractivity contribution in [3.05, 3.63) is 57.5 Å². The van der Waals surface area contributed by atoms with E-state index in [0.29, 0.717) is 11.6 Å². The number of anilines is 2. The number of nitrogens with one attached hydrogen (secondary N) is 4. The quantitative estimate of drug-likeness (QED) is 0.469. The first-order chi connectivity index (χ1) is 13.6. The number of fused-ring (bicyclic) bond motifs is 1. The molecule has 4 rings (SSSR count). The standard InChI is InChI=1S/C22H29N5O/c1-2-27-13-15-8-9-18(12-16(15)14-27)26-21(23)20-19(10-11-24-22(20)28)25-17-6-4-3-5-7-17/h8-12,17H,2-7,13-14H2,1H3,(H2,23,26)(H2,24,25,28). The molecule has 148 valence electrons. The van der Waals surface area contributed by atoms with Crippen molar-refractivity contribution in [2.24, 2.45) is 0 Å². The van der Waals surface area contributed by atoms with Crippen LogP contribution in [0.4, 0.5) is 11.4 Å². The Morgan fingerprint density at radius 1 is 1.18 bits per heavy atom. The number of hydrogen-bond donors (Lipinski definition) is 4. The van der Waals surface area contributed by atoms with Crippen LogP contribution in [-0.2, 0) is 13.1 Å². The minimum absolute atomic E-state index is 0.130. The van der Waals surface area contributed by atoms with Gasteiger partial charge in [-0.15, -0.1) is 0 Å². The summed E-state index contributed by atoms with van der Waals surface area (Å²) in [6, 6.07) is 8.46. The van der Waals surface area contributed by atoms with Gasteiger partial charge in [-0.1, -0.05) is 32.3 Å². The first-order valence-electron chi connectivity index (χ1n) is 10.3.